The number of hydrogen-bond donors (Lipinski definition) is 3. The van der Waals surface area contributed by atoms with Crippen molar-refractivity contribution < 1.29 is 19.1 Å². The molecular weight excluding hydrogens is 296 g/mol. The Kier molecular flexibility index (Phi) is 5.99. The Balaban J connectivity index is 1.65. The third kappa shape index (κ3) is 5.35. The second-order valence-corrected chi connectivity index (χ2v) is 4.76. The SMILES string of the molecule is O=C(CNC(=O)c1ccccc1O)NCC/C=C/c1ccco1. The van der Waals surface area contributed by atoms with Crippen molar-refractivity contribution in [2.75, 3.05) is 13.1 Å². The first kappa shape index (κ1) is 16.4. The van der Waals surface area contributed by atoms with Crippen LogP contribution in [0.1, 0.15) is 22.5 Å². The van der Waals surface area contributed by atoms with E-state index in [0.29, 0.717) is 13.0 Å². The lowest BCUT2D eigenvalue weighted by molar-refractivity contribution is -0.120. The molecule has 23 heavy (non-hydrogen) atoms. The molecule has 2 amide bonds. The molecule has 6 heteroatoms. The van der Waals surface area contributed by atoms with Crippen LogP contribution in [-0.4, -0.2) is 30.0 Å². The van der Waals surface area contributed by atoms with Crippen molar-refractivity contribution in [3.63, 3.8) is 0 Å². The van der Waals surface area contributed by atoms with E-state index in [1.54, 1.807) is 24.5 Å². The van der Waals surface area contributed by atoms with Crippen LogP contribution in [0.5, 0.6) is 5.75 Å². The van der Waals surface area contributed by atoms with Gasteiger partial charge in [-0.25, -0.2) is 0 Å². The number of phenolic OH excluding ortho intramolecular Hbond substituents is 1. The Morgan fingerprint density at radius 2 is 1.96 bits per heavy atom. The van der Waals surface area contributed by atoms with Gasteiger partial charge in [0, 0.05) is 6.54 Å². The van der Waals surface area contributed by atoms with Crippen LogP contribution in [0.15, 0.2) is 53.2 Å². The summed E-state index contributed by atoms with van der Waals surface area (Å²) < 4.78 is 5.14. The normalized spacial score (nSPS) is 10.6. The highest BCUT2D eigenvalue weighted by Crippen LogP contribution is 2.14. The fourth-order valence-electron chi connectivity index (χ4n) is 1.86. The molecule has 1 aromatic carbocycles. The number of para-hydroxylation sites is 1. The summed E-state index contributed by atoms with van der Waals surface area (Å²) >= 11 is 0. The standard InChI is InChI=1S/C17H18N2O4/c20-15-9-2-1-8-14(15)17(22)19-12-16(21)18-10-4-3-6-13-7-5-11-23-13/h1-3,5-9,11,20H,4,10,12H2,(H,18,21)(H,19,22)/b6-3+. The van der Waals surface area contributed by atoms with E-state index in [4.69, 9.17) is 4.42 Å². The summed E-state index contributed by atoms with van der Waals surface area (Å²) in [5.74, 6) is -0.143. The average molecular weight is 314 g/mol. The number of aromatic hydroxyl groups is 1. The summed E-state index contributed by atoms with van der Waals surface area (Å²) in [6.45, 7) is 0.317. The zero-order chi connectivity index (χ0) is 16.5. The van der Waals surface area contributed by atoms with E-state index < -0.39 is 5.91 Å². The van der Waals surface area contributed by atoms with Crippen molar-refractivity contribution in [3.8, 4) is 5.75 Å². The highest BCUT2D eigenvalue weighted by Gasteiger charge is 2.10. The number of rotatable bonds is 7. The van der Waals surface area contributed by atoms with Crippen molar-refractivity contribution in [1.82, 2.24) is 10.6 Å². The van der Waals surface area contributed by atoms with Gasteiger partial charge in [0.2, 0.25) is 5.91 Å². The monoisotopic (exact) mass is 314 g/mol. The maximum absolute atomic E-state index is 11.8. The summed E-state index contributed by atoms with van der Waals surface area (Å²) in [7, 11) is 0. The third-order valence-electron chi connectivity index (χ3n) is 3.02. The lowest BCUT2D eigenvalue weighted by Gasteiger charge is -2.07. The number of carbonyl (C=O) groups is 2. The van der Waals surface area contributed by atoms with E-state index in [2.05, 4.69) is 10.6 Å². The lowest BCUT2D eigenvalue weighted by Crippen LogP contribution is -2.37. The molecule has 0 radical (unpaired) electrons. The molecule has 0 aliphatic carbocycles. The molecule has 0 spiro atoms. The van der Waals surface area contributed by atoms with Gasteiger partial charge in [-0.05, 0) is 36.8 Å². The van der Waals surface area contributed by atoms with E-state index in [0.717, 1.165) is 5.76 Å². The predicted octanol–water partition coefficient (Wildman–Crippen LogP) is 1.93. The highest BCUT2D eigenvalue weighted by molar-refractivity contribution is 5.98. The van der Waals surface area contributed by atoms with Crippen LogP contribution in [0, 0.1) is 0 Å². The molecule has 2 aromatic rings. The van der Waals surface area contributed by atoms with E-state index in [-0.39, 0.29) is 23.8 Å². The number of phenols is 1. The van der Waals surface area contributed by atoms with Crippen LogP contribution in [0.25, 0.3) is 6.08 Å². The van der Waals surface area contributed by atoms with Crippen LogP contribution in [0.3, 0.4) is 0 Å². The number of hydrogen-bond acceptors (Lipinski definition) is 4. The molecule has 6 nitrogen and oxygen atoms in total. The molecule has 3 N–H and O–H groups in total. The molecule has 0 saturated heterocycles. The van der Waals surface area contributed by atoms with Crippen LogP contribution < -0.4 is 10.6 Å². The summed E-state index contributed by atoms with van der Waals surface area (Å²) in [6, 6.07) is 9.80. The first-order chi connectivity index (χ1) is 11.2. The minimum atomic E-state index is -0.490. The fourth-order valence-corrected chi connectivity index (χ4v) is 1.86. The predicted molar refractivity (Wildman–Crippen MR) is 85.8 cm³/mol. The first-order valence-electron chi connectivity index (χ1n) is 7.20. The smallest absolute Gasteiger partial charge is 0.255 e. The molecule has 0 unspecified atom stereocenters. The molecule has 1 aromatic heterocycles. The Bertz CT molecular complexity index is 678. The summed E-state index contributed by atoms with van der Waals surface area (Å²) in [5.41, 5.74) is 0.140. The molecule has 0 atom stereocenters. The molecule has 1 heterocycles. The topological polar surface area (TPSA) is 91.6 Å². The zero-order valence-corrected chi connectivity index (χ0v) is 12.5. The van der Waals surface area contributed by atoms with E-state index in [9.17, 15) is 14.7 Å². The molecule has 0 fully saturated rings. The number of amides is 2. The minimum absolute atomic E-state index is 0.117. The quantitative estimate of drug-likeness (QED) is 0.681. The van der Waals surface area contributed by atoms with Gasteiger partial charge in [-0.2, -0.15) is 0 Å². The third-order valence-corrected chi connectivity index (χ3v) is 3.02. The molecular formula is C17H18N2O4. The van der Waals surface area contributed by atoms with Gasteiger partial charge >= 0.3 is 0 Å². The Morgan fingerprint density at radius 1 is 1.13 bits per heavy atom. The second-order valence-electron chi connectivity index (χ2n) is 4.76. The Morgan fingerprint density at radius 3 is 2.70 bits per heavy atom. The minimum Gasteiger partial charge on any atom is -0.507 e. The molecule has 0 aliphatic heterocycles. The summed E-state index contributed by atoms with van der Waals surface area (Å²) in [4.78, 5) is 23.4. The number of furan rings is 1. The van der Waals surface area contributed by atoms with Gasteiger partial charge in [-0.1, -0.05) is 18.2 Å². The van der Waals surface area contributed by atoms with E-state index >= 15 is 0 Å². The maximum atomic E-state index is 11.8. The number of carbonyl (C=O) groups excluding carboxylic acids is 2. The van der Waals surface area contributed by atoms with Crippen molar-refractivity contribution >= 4 is 17.9 Å². The van der Waals surface area contributed by atoms with Crippen molar-refractivity contribution in [3.05, 3.63) is 60.1 Å². The highest BCUT2D eigenvalue weighted by atomic mass is 16.3. The van der Waals surface area contributed by atoms with Gasteiger partial charge in [-0.15, -0.1) is 0 Å². The fraction of sp³-hybridized carbons (Fsp3) is 0.176. The van der Waals surface area contributed by atoms with E-state index in [1.165, 1.54) is 12.1 Å². The molecule has 0 aliphatic rings. The first-order valence-corrected chi connectivity index (χ1v) is 7.20. The van der Waals surface area contributed by atoms with Gasteiger partial charge in [-0.3, -0.25) is 9.59 Å². The summed E-state index contributed by atoms with van der Waals surface area (Å²) in [5, 5.41) is 14.7. The Labute approximate surface area is 133 Å². The molecule has 0 bridgehead atoms. The van der Waals surface area contributed by atoms with E-state index in [1.807, 2.05) is 18.2 Å². The van der Waals surface area contributed by atoms with Gasteiger partial charge in [0.25, 0.3) is 5.91 Å². The maximum Gasteiger partial charge on any atom is 0.255 e. The van der Waals surface area contributed by atoms with Gasteiger partial charge in [0.15, 0.2) is 0 Å². The molecule has 2 rings (SSSR count). The van der Waals surface area contributed by atoms with Crippen molar-refractivity contribution in [2.45, 2.75) is 6.42 Å². The largest absolute Gasteiger partial charge is 0.507 e. The van der Waals surface area contributed by atoms with Crippen molar-refractivity contribution in [1.29, 1.82) is 0 Å². The van der Waals surface area contributed by atoms with Crippen LogP contribution in [-0.2, 0) is 4.79 Å². The van der Waals surface area contributed by atoms with Crippen molar-refractivity contribution in [2.24, 2.45) is 0 Å². The zero-order valence-electron chi connectivity index (χ0n) is 12.5. The number of benzene rings is 1. The lowest BCUT2D eigenvalue weighted by atomic mass is 10.2. The van der Waals surface area contributed by atoms with Crippen LogP contribution in [0.4, 0.5) is 0 Å². The van der Waals surface area contributed by atoms with Gasteiger partial charge in [0.1, 0.15) is 11.5 Å². The van der Waals surface area contributed by atoms with Crippen LogP contribution >= 0.6 is 0 Å². The molecule has 120 valence electrons. The van der Waals surface area contributed by atoms with Gasteiger partial charge < -0.3 is 20.2 Å². The number of nitrogens with one attached hydrogen (secondary N) is 2. The van der Waals surface area contributed by atoms with Gasteiger partial charge in [0.05, 0.1) is 18.4 Å². The summed E-state index contributed by atoms with van der Waals surface area (Å²) in [6.07, 6.45) is 5.96. The average Bonchev–Trinajstić information content (AvgIpc) is 3.06. The molecule has 0 saturated carbocycles. The Hall–Kier alpha value is -3.02. The van der Waals surface area contributed by atoms with Crippen LogP contribution in [0.2, 0.25) is 0 Å². The second kappa shape index (κ2) is 8.43.